The Kier molecular flexibility index (Phi) is 8.19. The van der Waals surface area contributed by atoms with E-state index in [4.69, 9.17) is 0 Å². The second-order valence-corrected chi connectivity index (χ2v) is 16.0. The van der Waals surface area contributed by atoms with Crippen LogP contribution >= 0.6 is 8.37 Å². The average molecular weight is 416 g/mol. The van der Waals surface area contributed by atoms with E-state index in [1.165, 1.54) is 0 Å². The van der Waals surface area contributed by atoms with Gasteiger partial charge in [-0.25, -0.2) is 14.0 Å². The van der Waals surface area contributed by atoms with E-state index in [9.17, 15) is 0 Å². The molecule has 3 nitrogen and oxygen atoms in total. The Balaban J connectivity index is 7.30. The minimum Gasteiger partial charge on any atom is -0.247 e. The fourth-order valence-corrected chi connectivity index (χ4v) is 8.65. The van der Waals surface area contributed by atoms with Crippen molar-refractivity contribution < 1.29 is 0 Å². The van der Waals surface area contributed by atoms with Crippen LogP contribution in [0.25, 0.3) is 0 Å². The van der Waals surface area contributed by atoms with Crippen LogP contribution in [0.4, 0.5) is 0 Å². The number of hydrogen-bond acceptors (Lipinski definition) is 3. The predicted octanol–water partition coefficient (Wildman–Crippen LogP) is 7.91. The van der Waals surface area contributed by atoms with Gasteiger partial charge in [0, 0.05) is 33.2 Å². The maximum atomic E-state index is 2.79. The highest BCUT2D eigenvalue weighted by Crippen LogP contribution is 2.64. The highest BCUT2D eigenvalue weighted by molar-refractivity contribution is 7.50. The van der Waals surface area contributed by atoms with E-state index < -0.39 is 8.37 Å². The third-order valence-electron chi connectivity index (χ3n) is 4.35. The van der Waals surface area contributed by atoms with Gasteiger partial charge < -0.3 is 0 Å². The van der Waals surface area contributed by atoms with Crippen molar-refractivity contribution in [1.82, 2.24) is 14.0 Å². The molecule has 0 saturated carbocycles. The first kappa shape index (κ1) is 28.3. The summed E-state index contributed by atoms with van der Waals surface area (Å²) in [6, 6.07) is 0. The Labute approximate surface area is 180 Å². The van der Waals surface area contributed by atoms with Crippen molar-refractivity contribution >= 4 is 8.37 Å². The molecule has 0 aromatic rings. The van der Waals surface area contributed by atoms with Gasteiger partial charge in [0.25, 0.3) is 0 Å². The van der Waals surface area contributed by atoms with E-state index in [2.05, 4.69) is 139 Å². The van der Waals surface area contributed by atoms with Crippen molar-refractivity contribution in [2.24, 2.45) is 0 Å². The van der Waals surface area contributed by atoms with Crippen molar-refractivity contribution in [2.45, 2.75) is 158 Å². The van der Waals surface area contributed by atoms with E-state index in [-0.39, 0.29) is 33.2 Å². The maximum Gasteiger partial charge on any atom is 0.123 e. The summed E-state index contributed by atoms with van der Waals surface area (Å²) in [5.74, 6) is 0. The van der Waals surface area contributed by atoms with Gasteiger partial charge in [-0.15, -0.1) is 0 Å². The summed E-state index contributed by atoms with van der Waals surface area (Å²) in [6.07, 6.45) is 0. The molecular formula is C24H54N3P. The average Bonchev–Trinajstić information content (AvgIpc) is 2.13. The Morgan fingerprint density at radius 2 is 0.393 bits per heavy atom. The second kappa shape index (κ2) is 8.10. The quantitative estimate of drug-likeness (QED) is 0.434. The SMILES string of the molecule is CC(C)(C)N(P(N(C(C)(C)C)C(C)(C)C)N(C(C)(C)C)C(C)(C)C)C(C)(C)C. The molecule has 0 aliphatic carbocycles. The molecular weight excluding hydrogens is 361 g/mol. The molecule has 0 bridgehead atoms. The molecule has 4 heteroatoms. The van der Waals surface area contributed by atoms with Gasteiger partial charge in [0.2, 0.25) is 0 Å². The van der Waals surface area contributed by atoms with Crippen LogP contribution in [0.15, 0.2) is 0 Å². The van der Waals surface area contributed by atoms with Crippen LogP contribution in [0.3, 0.4) is 0 Å². The van der Waals surface area contributed by atoms with Crippen LogP contribution in [-0.2, 0) is 0 Å². The van der Waals surface area contributed by atoms with E-state index in [1.807, 2.05) is 0 Å². The summed E-state index contributed by atoms with van der Waals surface area (Å²) in [6.45, 7) is 42.8. The minimum absolute atomic E-state index is 0.0352. The van der Waals surface area contributed by atoms with Crippen LogP contribution in [0, 0.1) is 0 Å². The monoisotopic (exact) mass is 415 g/mol. The van der Waals surface area contributed by atoms with E-state index in [1.54, 1.807) is 0 Å². The van der Waals surface area contributed by atoms with Gasteiger partial charge in [0.05, 0.1) is 0 Å². The Morgan fingerprint density at radius 3 is 0.464 bits per heavy atom. The minimum atomic E-state index is -0.779. The number of rotatable bonds is 3. The van der Waals surface area contributed by atoms with Crippen LogP contribution in [0.1, 0.15) is 125 Å². The lowest BCUT2D eigenvalue weighted by molar-refractivity contribution is 0.0451. The number of nitrogens with zero attached hydrogens (tertiary/aromatic N) is 3. The standard InChI is InChI=1S/C24H54N3P/c1-19(2,3)25(20(4,5)6)28(26(21(7,8)9)22(10,11)12)27(23(13,14)15)24(16,17)18/h1-18H3. The van der Waals surface area contributed by atoms with Gasteiger partial charge in [-0.2, -0.15) is 0 Å². The molecule has 0 aliphatic rings. The van der Waals surface area contributed by atoms with Crippen molar-refractivity contribution in [3.8, 4) is 0 Å². The fourth-order valence-electron chi connectivity index (χ4n) is 4.90. The van der Waals surface area contributed by atoms with E-state index in [0.717, 1.165) is 0 Å². The molecule has 0 radical (unpaired) electrons. The summed E-state index contributed by atoms with van der Waals surface area (Å²) in [7, 11) is -0.779. The molecule has 0 spiro atoms. The van der Waals surface area contributed by atoms with Gasteiger partial charge in [-0.1, -0.05) is 0 Å². The van der Waals surface area contributed by atoms with Crippen molar-refractivity contribution in [1.29, 1.82) is 0 Å². The topological polar surface area (TPSA) is 9.72 Å². The molecule has 0 atom stereocenters. The zero-order valence-corrected chi connectivity index (χ0v) is 23.7. The van der Waals surface area contributed by atoms with Crippen LogP contribution in [0.2, 0.25) is 0 Å². The molecule has 0 N–H and O–H groups in total. The van der Waals surface area contributed by atoms with Crippen LogP contribution in [-0.4, -0.2) is 47.2 Å². The van der Waals surface area contributed by atoms with Gasteiger partial charge in [-0.05, 0) is 125 Å². The lowest BCUT2D eigenvalue weighted by Gasteiger charge is -2.65. The highest BCUT2D eigenvalue weighted by atomic mass is 31.2. The summed E-state index contributed by atoms with van der Waals surface area (Å²) >= 11 is 0. The first-order valence-electron chi connectivity index (χ1n) is 10.9. The van der Waals surface area contributed by atoms with Crippen LogP contribution in [0.5, 0.6) is 0 Å². The molecule has 0 unspecified atom stereocenters. The third kappa shape index (κ3) is 7.22. The third-order valence-corrected chi connectivity index (χ3v) is 9.02. The summed E-state index contributed by atoms with van der Waals surface area (Å²) in [5.41, 5.74) is 0.211. The number of hydrogen-bond donors (Lipinski definition) is 0. The Morgan fingerprint density at radius 1 is 0.286 bits per heavy atom. The van der Waals surface area contributed by atoms with Gasteiger partial charge in [0.1, 0.15) is 8.37 Å². The molecule has 0 aromatic carbocycles. The second-order valence-electron chi connectivity index (χ2n) is 14.2. The Hall–Kier alpha value is 0.310. The lowest BCUT2D eigenvalue weighted by Crippen LogP contribution is -2.64. The first-order chi connectivity index (χ1) is 11.7. The predicted molar refractivity (Wildman–Crippen MR) is 131 cm³/mol. The first-order valence-corrected chi connectivity index (χ1v) is 12.1. The van der Waals surface area contributed by atoms with Crippen molar-refractivity contribution in [3.05, 3.63) is 0 Å². The summed E-state index contributed by atoms with van der Waals surface area (Å²) in [4.78, 5) is 0. The largest absolute Gasteiger partial charge is 0.247 e. The molecule has 28 heavy (non-hydrogen) atoms. The summed E-state index contributed by atoms with van der Waals surface area (Å²) in [5, 5.41) is 0. The smallest absolute Gasteiger partial charge is 0.123 e. The van der Waals surface area contributed by atoms with Crippen molar-refractivity contribution in [2.75, 3.05) is 0 Å². The van der Waals surface area contributed by atoms with E-state index in [0.29, 0.717) is 0 Å². The molecule has 170 valence electrons. The highest BCUT2D eigenvalue weighted by Gasteiger charge is 2.53. The molecule has 0 saturated heterocycles. The molecule has 0 rings (SSSR count). The normalized spacial score (nSPS) is 16.1. The zero-order chi connectivity index (χ0) is 23.3. The maximum absolute atomic E-state index is 2.79. The van der Waals surface area contributed by atoms with Gasteiger partial charge >= 0.3 is 0 Å². The lowest BCUT2D eigenvalue weighted by atomic mass is 10.0. The fraction of sp³-hybridized carbons (Fsp3) is 1.00. The molecule has 0 aromatic heterocycles. The van der Waals surface area contributed by atoms with Gasteiger partial charge in [-0.3, -0.25) is 0 Å². The molecule has 0 fully saturated rings. The van der Waals surface area contributed by atoms with Crippen molar-refractivity contribution in [3.63, 3.8) is 0 Å². The van der Waals surface area contributed by atoms with Gasteiger partial charge in [0.15, 0.2) is 0 Å². The van der Waals surface area contributed by atoms with Crippen LogP contribution < -0.4 is 0 Å². The summed E-state index contributed by atoms with van der Waals surface area (Å²) < 4.78 is 8.38. The van der Waals surface area contributed by atoms with E-state index >= 15 is 0 Å². The molecule has 0 heterocycles. The Bertz CT molecular complexity index is 381. The molecule has 0 aliphatic heterocycles. The molecule has 0 amide bonds. The zero-order valence-electron chi connectivity index (χ0n) is 22.8.